The molecular formula is C3H10NO6P. The van der Waals surface area contributed by atoms with E-state index in [0.29, 0.717) is 0 Å². The third-order valence-electron chi connectivity index (χ3n) is 0.621. The van der Waals surface area contributed by atoms with Crippen LogP contribution in [0.5, 0.6) is 0 Å². The molecule has 0 aliphatic heterocycles. The summed E-state index contributed by atoms with van der Waals surface area (Å²) in [5.74, 6) is 0. The second-order valence-electron chi connectivity index (χ2n) is 1.46. The first-order valence-corrected chi connectivity index (χ1v) is 3.93. The van der Waals surface area contributed by atoms with Gasteiger partial charge >= 0.3 is 0 Å². The van der Waals surface area contributed by atoms with Crippen molar-refractivity contribution in [3.05, 3.63) is 10.1 Å². The van der Waals surface area contributed by atoms with Gasteiger partial charge in [0.15, 0.2) is 0 Å². The number of aliphatic hydroxyl groups is 3. The lowest BCUT2D eigenvalue weighted by molar-refractivity contribution is -0.742. The molecular weight excluding hydrogens is 177 g/mol. The molecule has 0 aromatic rings. The van der Waals surface area contributed by atoms with Crippen LogP contribution in [0.3, 0.4) is 0 Å². The zero-order valence-electron chi connectivity index (χ0n) is 5.76. The van der Waals surface area contributed by atoms with Gasteiger partial charge in [0, 0.05) is 0 Å². The summed E-state index contributed by atoms with van der Waals surface area (Å²) in [4.78, 5) is 8.36. The lowest BCUT2D eigenvalue weighted by Gasteiger charge is -2.14. The van der Waals surface area contributed by atoms with Crippen LogP contribution in [0.4, 0.5) is 0 Å². The van der Waals surface area contributed by atoms with Crippen LogP contribution >= 0.6 is 8.58 Å². The van der Waals surface area contributed by atoms with Crippen molar-refractivity contribution in [1.82, 2.24) is 0 Å². The van der Waals surface area contributed by atoms with E-state index in [4.69, 9.17) is 30.6 Å². The highest BCUT2D eigenvalue weighted by atomic mass is 31.1. The second-order valence-corrected chi connectivity index (χ2v) is 2.76. The Morgan fingerprint density at radius 2 is 1.91 bits per heavy atom. The lowest BCUT2D eigenvalue weighted by Crippen LogP contribution is -2.25. The summed E-state index contributed by atoms with van der Waals surface area (Å²) in [5, 5.41) is 38.6. The van der Waals surface area contributed by atoms with Gasteiger partial charge in [-0.3, -0.25) is 0 Å². The van der Waals surface area contributed by atoms with Gasteiger partial charge in [0.2, 0.25) is 5.53 Å². The van der Waals surface area contributed by atoms with E-state index in [9.17, 15) is 0 Å². The average molecular weight is 187 g/mol. The fourth-order valence-electron chi connectivity index (χ4n) is 0.0791. The summed E-state index contributed by atoms with van der Waals surface area (Å²) < 4.78 is 0. The van der Waals surface area contributed by atoms with Gasteiger partial charge in [-0.15, -0.1) is 10.1 Å². The Morgan fingerprint density at radius 3 is 1.91 bits per heavy atom. The molecule has 0 aliphatic carbocycles. The molecule has 0 aliphatic rings. The molecule has 1 unspecified atom stereocenters. The topological polar surface area (TPSA) is 124 Å². The Morgan fingerprint density at radius 1 is 1.64 bits per heavy atom. The first kappa shape index (κ1) is 13.1. The second kappa shape index (κ2) is 6.23. The largest absolute Gasteiger partial charge is 0.390 e. The van der Waals surface area contributed by atoms with Crippen molar-refractivity contribution in [3.63, 3.8) is 0 Å². The molecule has 0 heterocycles. The summed E-state index contributed by atoms with van der Waals surface area (Å²) in [5.41, 5.74) is -1.83. The summed E-state index contributed by atoms with van der Waals surface area (Å²) in [6, 6.07) is 0. The van der Waals surface area contributed by atoms with E-state index in [2.05, 4.69) is 0 Å². The van der Waals surface area contributed by atoms with E-state index in [-0.39, 0.29) is 8.58 Å². The minimum absolute atomic E-state index is 0.0544. The van der Waals surface area contributed by atoms with E-state index in [1.165, 1.54) is 0 Å². The SMILES string of the molecule is CPC(O)(O)CO.O=[N+]([O-])O. The van der Waals surface area contributed by atoms with E-state index < -0.39 is 17.2 Å². The van der Waals surface area contributed by atoms with Crippen LogP contribution < -0.4 is 0 Å². The van der Waals surface area contributed by atoms with Gasteiger partial charge < -0.3 is 20.5 Å². The first-order chi connectivity index (χ1) is 4.85. The quantitative estimate of drug-likeness (QED) is 0.182. The summed E-state index contributed by atoms with van der Waals surface area (Å²) in [6.07, 6.45) is 0. The molecule has 0 aromatic heterocycles. The Labute approximate surface area is 64.2 Å². The monoisotopic (exact) mass is 187 g/mol. The minimum Gasteiger partial charge on any atom is -0.390 e. The van der Waals surface area contributed by atoms with E-state index in [1.54, 1.807) is 6.66 Å². The maximum Gasteiger partial charge on any atom is 0.291 e. The summed E-state index contributed by atoms with van der Waals surface area (Å²) in [7, 11) is -0.0544. The highest BCUT2D eigenvalue weighted by Gasteiger charge is 2.16. The van der Waals surface area contributed by atoms with Crippen LogP contribution in [-0.2, 0) is 0 Å². The van der Waals surface area contributed by atoms with Gasteiger partial charge in [0.1, 0.15) is 6.61 Å². The maximum atomic E-state index is 8.45. The van der Waals surface area contributed by atoms with Crippen LogP contribution in [0.25, 0.3) is 0 Å². The van der Waals surface area contributed by atoms with Crippen LogP contribution in [0, 0.1) is 10.1 Å². The van der Waals surface area contributed by atoms with Crippen LogP contribution in [0.1, 0.15) is 0 Å². The zero-order chi connectivity index (χ0) is 9.49. The molecule has 0 saturated carbocycles. The highest BCUT2D eigenvalue weighted by molar-refractivity contribution is 7.38. The molecule has 0 fully saturated rings. The molecule has 1 atom stereocenters. The molecule has 11 heavy (non-hydrogen) atoms. The molecule has 0 rings (SSSR count). The smallest absolute Gasteiger partial charge is 0.291 e. The van der Waals surface area contributed by atoms with Crippen molar-refractivity contribution < 1.29 is 25.6 Å². The number of hydrogen-bond acceptors (Lipinski definition) is 5. The molecule has 68 valence electrons. The lowest BCUT2D eigenvalue weighted by atomic mass is 10.7. The summed E-state index contributed by atoms with van der Waals surface area (Å²) in [6.45, 7) is 1.03. The van der Waals surface area contributed by atoms with Crippen LogP contribution in [0.15, 0.2) is 0 Å². The molecule has 0 aromatic carbocycles. The fourth-order valence-corrected chi connectivity index (χ4v) is 0.237. The Hall–Kier alpha value is -0.490. The predicted molar refractivity (Wildman–Crippen MR) is 37.3 cm³/mol. The van der Waals surface area contributed by atoms with Crippen molar-refractivity contribution in [1.29, 1.82) is 0 Å². The molecule has 0 spiro atoms. The predicted octanol–water partition coefficient (Wildman–Crippen LogP) is -1.42. The van der Waals surface area contributed by atoms with Crippen molar-refractivity contribution >= 4 is 8.58 Å². The van der Waals surface area contributed by atoms with E-state index >= 15 is 0 Å². The van der Waals surface area contributed by atoms with Crippen molar-refractivity contribution in [3.8, 4) is 0 Å². The maximum absolute atomic E-state index is 8.45. The molecule has 0 saturated heterocycles. The third kappa shape index (κ3) is 17.7. The van der Waals surface area contributed by atoms with Gasteiger partial charge in [-0.1, -0.05) is 8.58 Å². The molecule has 7 nitrogen and oxygen atoms in total. The first-order valence-electron chi connectivity index (χ1n) is 2.43. The van der Waals surface area contributed by atoms with Crippen LogP contribution in [0.2, 0.25) is 0 Å². The highest BCUT2D eigenvalue weighted by Crippen LogP contribution is 2.20. The standard InChI is InChI=1S/C3H9O3P.HNO3/c1-7-3(5,6)2-4;2-1(3)4/h4-7H,2H2,1H3;(H,2,3,4). The van der Waals surface area contributed by atoms with Gasteiger partial charge in [0.25, 0.3) is 5.09 Å². The minimum atomic E-state index is -1.83. The average Bonchev–Trinajstić information content (AvgIpc) is 1.87. The molecule has 8 heteroatoms. The Kier molecular flexibility index (Phi) is 7.44. The third-order valence-corrected chi connectivity index (χ3v) is 1.58. The van der Waals surface area contributed by atoms with E-state index in [0.717, 1.165) is 0 Å². The van der Waals surface area contributed by atoms with Crippen molar-refractivity contribution in [2.45, 2.75) is 5.53 Å². The van der Waals surface area contributed by atoms with E-state index in [1.807, 2.05) is 0 Å². The number of aliphatic hydroxyl groups excluding tert-OH is 1. The van der Waals surface area contributed by atoms with Crippen molar-refractivity contribution in [2.24, 2.45) is 0 Å². The number of nitrogens with zero attached hydrogens (tertiary/aromatic N) is 1. The zero-order valence-corrected chi connectivity index (χ0v) is 6.76. The van der Waals surface area contributed by atoms with Gasteiger partial charge in [-0.05, 0) is 6.66 Å². The molecule has 0 amide bonds. The number of hydrogen-bond donors (Lipinski definition) is 4. The van der Waals surface area contributed by atoms with Crippen LogP contribution in [-0.4, -0.2) is 44.4 Å². The summed E-state index contributed by atoms with van der Waals surface area (Å²) >= 11 is 0. The molecule has 0 bridgehead atoms. The van der Waals surface area contributed by atoms with Crippen molar-refractivity contribution in [2.75, 3.05) is 13.3 Å². The fraction of sp³-hybridized carbons (Fsp3) is 1.00. The molecule has 0 radical (unpaired) electrons. The molecule has 4 N–H and O–H groups in total. The Balaban J connectivity index is 0. The normalized spacial score (nSPS) is 10.9. The van der Waals surface area contributed by atoms with Gasteiger partial charge in [-0.25, -0.2) is 0 Å². The Bertz CT molecular complexity index is 106. The number of rotatable bonds is 2. The van der Waals surface area contributed by atoms with Gasteiger partial charge in [0.05, 0.1) is 0 Å². The van der Waals surface area contributed by atoms with Gasteiger partial charge in [-0.2, -0.15) is 0 Å².